The molecule has 3 N–H and O–H groups in total. The molecule has 2 heterocycles. The van der Waals surface area contributed by atoms with Crippen LogP contribution in [0.1, 0.15) is 28.9 Å². The maximum atomic E-state index is 12.3. The molecule has 0 saturated heterocycles. The van der Waals surface area contributed by atoms with Crippen LogP contribution in [0.5, 0.6) is 0 Å². The highest BCUT2D eigenvalue weighted by atomic mass is 32.1. The molecule has 0 radical (unpaired) electrons. The molecule has 21 heavy (non-hydrogen) atoms. The zero-order chi connectivity index (χ0) is 14.8. The molecule has 106 valence electrons. The van der Waals surface area contributed by atoms with Crippen molar-refractivity contribution in [2.75, 3.05) is 5.73 Å². The van der Waals surface area contributed by atoms with E-state index in [0.29, 0.717) is 10.7 Å². The molecular weight excluding hydrogens is 284 g/mol. The SMILES string of the molecule is C[C@@H](NC(=O)c1ccc2nc(N)sc2c1)c1ccncc1. The largest absolute Gasteiger partial charge is 0.375 e. The van der Waals surface area contributed by atoms with Gasteiger partial charge in [-0.05, 0) is 42.8 Å². The third-order valence-electron chi connectivity index (χ3n) is 3.22. The Kier molecular flexibility index (Phi) is 3.53. The fourth-order valence-corrected chi connectivity index (χ4v) is 2.87. The van der Waals surface area contributed by atoms with Crippen LogP contribution in [0.25, 0.3) is 10.2 Å². The Morgan fingerprint density at radius 1 is 1.29 bits per heavy atom. The smallest absolute Gasteiger partial charge is 0.251 e. The fourth-order valence-electron chi connectivity index (χ4n) is 2.10. The average molecular weight is 298 g/mol. The number of thiazole rings is 1. The molecule has 0 bridgehead atoms. The number of nitrogens with one attached hydrogen (secondary N) is 1. The maximum absolute atomic E-state index is 12.3. The predicted molar refractivity (Wildman–Crippen MR) is 84.2 cm³/mol. The van der Waals surface area contributed by atoms with Crippen LogP contribution in [-0.2, 0) is 0 Å². The second-order valence-corrected chi connectivity index (χ2v) is 5.77. The average Bonchev–Trinajstić information content (AvgIpc) is 2.87. The van der Waals surface area contributed by atoms with Crippen molar-refractivity contribution >= 4 is 32.6 Å². The molecule has 0 fully saturated rings. The number of pyridine rings is 1. The number of aromatic nitrogens is 2. The number of nitrogens with zero attached hydrogens (tertiary/aromatic N) is 2. The first kappa shape index (κ1) is 13.5. The Hall–Kier alpha value is -2.47. The van der Waals surface area contributed by atoms with E-state index in [9.17, 15) is 4.79 Å². The third-order valence-corrected chi connectivity index (χ3v) is 4.07. The Morgan fingerprint density at radius 3 is 2.81 bits per heavy atom. The van der Waals surface area contributed by atoms with Crippen LogP contribution >= 0.6 is 11.3 Å². The van der Waals surface area contributed by atoms with Gasteiger partial charge in [0.2, 0.25) is 0 Å². The van der Waals surface area contributed by atoms with Gasteiger partial charge in [0.25, 0.3) is 5.91 Å². The zero-order valence-electron chi connectivity index (χ0n) is 11.4. The Bertz CT molecular complexity index is 785. The van der Waals surface area contributed by atoms with E-state index in [4.69, 9.17) is 5.73 Å². The number of nitrogen functional groups attached to an aromatic ring is 1. The van der Waals surface area contributed by atoms with Gasteiger partial charge in [-0.25, -0.2) is 4.98 Å². The second-order valence-electron chi connectivity index (χ2n) is 4.71. The van der Waals surface area contributed by atoms with Gasteiger partial charge in [-0.15, -0.1) is 0 Å². The fraction of sp³-hybridized carbons (Fsp3) is 0.133. The van der Waals surface area contributed by atoms with Gasteiger partial charge in [0.15, 0.2) is 5.13 Å². The van der Waals surface area contributed by atoms with E-state index in [1.165, 1.54) is 11.3 Å². The van der Waals surface area contributed by atoms with Crippen LogP contribution in [0.3, 0.4) is 0 Å². The lowest BCUT2D eigenvalue weighted by molar-refractivity contribution is 0.0940. The lowest BCUT2D eigenvalue weighted by atomic mass is 10.1. The molecule has 3 aromatic rings. The van der Waals surface area contributed by atoms with Crippen LogP contribution in [0.4, 0.5) is 5.13 Å². The number of fused-ring (bicyclic) bond motifs is 1. The number of hydrogen-bond donors (Lipinski definition) is 2. The Labute approximate surface area is 125 Å². The van der Waals surface area contributed by atoms with Gasteiger partial charge >= 0.3 is 0 Å². The summed E-state index contributed by atoms with van der Waals surface area (Å²) in [6.07, 6.45) is 3.42. The first-order chi connectivity index (χ1) is 10.1. The van der Waals surface area contributed by atoms with Gasteiger partial charge < -0.3 is 11.1 Å². The highest BCUT2D eigenvalue weighted by Gasteiger charge is 2.12. The van der Waals surface area contributed by atoms with Gasteiger partial charge in [0, 0.05) is 18.0 Å². The van der Waals surface area contributed by atoms with Gasteiger partial charge in [-0.3, -0.25) is 9.78 Å². The minimum atomic E-state index is -0.117. The monoisotopic (exact) mass is 298 g/mol. The molecule has 1 aromatic carbocycles. The Balaban J connectivity index is 1.80. The van der Waals surface area contributed by atoms with Gasteiger partial charge in [0.05, 0.1) is 16.3 Å². The molecule has 0 aliphatic rings. The maximum Gasteiger partial charge on any atom is 0.251 e. The van der Waals surface area contributed by atoms with Crippen molar-refractivity contribution in [3.63, 3.8) is 0 Å². The number of anilines is 1. The summed E-state index contributed by atoms with van der Waals surface area (Å²) in [5.41, 5.74) is 8.11. The molecule has 1 atom stereocenters. The molecule has 1 amide bonds. The molecule has 0 aliphatic heterocycles. The first-order valence-corrected chi connectivity index (χ1v) is 7.32. The molecule has 2 aromatic heterocycles. The highest BCUT2D eigenvalue weighted by Crippen LogP contribution is 2.24. The summed E-state index contributed by atoms with van der Waals surface area (Å²) in [5, 5.41) is 3.48. The summed E-state index contributed by atoms with van der Waals surface area (Å²) in [6, 6.07) is 9.08. The number of carbonyl (C=O) groups is 1. The molecule has 3 rings (SSSR count). The van der Waals surface area contributed by atoms with E-state index in [-0.39, 0.29) is 11.9 Å². The van der Waals surface area contributed by atoms with E-state index >= 15 is 0 Å². The molecule has 5 nitrogen and oxygen atoms in total. The molecule has 0 aliphatic carbocycles. The van der Waals surface area contributed by atoms with E-state index in [1.54, 1.807) is 18.5 Å². The standard InChI is InChI=1S/C15H14N4OS/c1-9(10-4-6-17-7-5-10)18-14(20)11-2-3-12-13(8-11)21-15(16)19-12/h2-9H,1H3,(H2,16,19)(H,18,20)/t9-/m1/s1. The predicted octanol–water partition coefficient (Wildman–Crippen LogP) is 2.76. The normalized spacial score (nSPS) is 12.2. The van der Waals surface area contributed by atoms with Gasteiger partial charge in [-0.2, -0.15) is 0 Å². The lowest BCUT2D eigenvalue weighted by Gasteiger charge is -2.14. The summed E-state index contributed by atoms with van der Waals surface area (Å²) in [5.74, 6) is -0.117. The minimum Gasteiger partial charge on any atom is -0.375 e. The van der Waals surface area contributed by atoms with Crippen LogP contribution < -0.4 is 11.1 Å². The minimum absolute atomic E-state index is 0.0808. The van der Waals surface area contributed by atoms with Crippen molar-refractivity contribution in [3.05, 3.63) is 53.9 Å². The number of hydrogen-bond acceptors (Lipinski definition) is 5. The topological polar surface area (TPSA) is 80.9 Å². The van der Waals surface area contributed by atoms with Crippen LogP contribution in [-0.4, -0.2) is 15.9 Å². The van der Waals surface area contributed by atoms with Crippen LogP contribution in [0.15, 0.2) is 42.7 Å². The molecule has 6 heteroatoms. The summed E-state index contributed by atoms with van der Waals surface area (Å²) in [6.45, 7) is 1.94. The number of amides is 1. The lowest BCUT2D eigenvalue weighted by Crippen LogP contribution is -2.26. The number of benzene rings is 1. The number of nitrogens with two attached hydrogens (primary N) is 1. The van der Waals surface area contributed by atoms with Crippen molar-refractivity contribution in [1.82, 2.24) is 15.3 Å². The Morgan fingerprint density at radius 2 is 2.05 bits per heavy atom. The third kappa shape index (κ3) is 2.85. The molecule has 0 saturated carbocycles. The summed E-state index contributed by atoms with van der Waals surface area (Å²) in [7, 11) is 0. The summed E-state index contributed by atoms with van der Waals surface area (Å²) in [4.78, 5) is 20.5. The second kappa shape index (κ2) is 5.49. The highest BCUT2D eigenvalue weighted by molar-refractivity contribution is 7.22. The van der Waals surface area contributed by atoms with Crippen molar-refractivity contribution in [2.45, 2.75) is 13.0 Å². The van der Waals surface area contributed by atoms with Crippen LogP contribution in [0, 0.1) is 0 Å². The van der Waals surface area contributed by atoms with E-state index < -0.39 is 0 Å². The zero-order valence-corrected chi connectivity index (χ0v) is 12.2. The van der Waals surface area contributed by atoms with E-state index in [1.807, 2.05) is 31.2 Å². The van der Waals surface area contributed by atoms with Crippen molar-refractivity contribution < 1.29 is 4.79 Å². The van der Waals surface area contributed by atoms with Crippen molar-refractivity contribution in [2.24, 2.45) is 0 Å². The van der Waals surface area contributed by atoms with E-state index in [2.05, 4.69) is 15.3 Å². The number of carbonyl (C=O) groups excluding carboxylic acids is 1. The van der Waals surface area contributed by atoms with Crippen molar-refractivity contribution in [1.29, 1.82) is 0 Å². The summed E-state index contributed by atoms with van der Waals surface area (Å²) >= 11 is 1.38. The van der Waals surface area contributed by atoms with Crippen LogP contribution in [0.2, 0.25) is 0 Å². The molecular formula is C15H14N4OS. The molecule has 0 unspecified atom stereocenters. The molecule has 0 spiro atoms. The number of rotatable bonds is 3. The summed E-state index contributed by atoms with van der Waals surface area (Å²) < 4.78 is 0.914. The van der Waals surface area contributed by atoms with Gasteiger partial charge in [0.1, 0.15) is 0 Å². The van der Waals surface area contributed by atoms with E-state index in [0.717, 1.165) is 15.8 Å². The van der Waals surface area contributed by atoms with Crippen molar-refractivity contribution in [3.8, 4) is 0 Å². The first-order valence-electron chi connectivity index (χ1n) is 6.50. The van der Waals surface area contributed by atoms with Gasteiger partial charge in [-0.1, -0.05) is 11.3 Å². The quantitative estimate of drug-likeness (QED) is 0.779.